The highest BCUT2D eigenvalue weighted by atomic mass is 35.5. The maximum absolute atomic E-state index is 11.5. The van der Waals surface area contributed by atoms with Crippen molar-refractivity contribution in [3.63, 3.8) is 0 Å². The number of nitrogens with zero attached hydrogens (tertiary/aromatic N) is 1. The lowest BCUT2D eigenvalue weighted by Gasteiger charge is -2.03. The van der Waals surface area contributed by atoms with Crippen LogP contribution in [0.25, 0.3) is 0 Å². The third-order valence-corrected chi connectivity index (χ3v) is 2.79. The molecule has 2 heterocycles. The van der Waals surface area contributed by atoms with Crippen LogP contribution in [0.3, 0.4) is 0 Å². The molecule has 15 heavy (non-hydrogen) atoms. The molecular weight excluding hydrogens is 234 g/mol. The Labute approximate surface area is 95.3 Å². The average Bonchev–Trinajstić information content (AvgIpc) is 2.74. The lowest BCUT2D eigenvalue weighted by atomic mass is 10.4. The van der Waals surface area contributed by atoms with Crippen LogP contribution in [0.1, 0.15) is 9.67 Å². The number of pyridine rings is 1. The molecule has 5 heteroatoms. The summed E-state index contributed by atoms with van der Waals surface area (Å²) in [5, 5.41) is 2.13. The Morgan fingerprint density at radius 2 is 2.33 bits per heavy atom. The van der Waals surface area contributed by atoms with Crippen LogP contribution in [0, 0.1) is 0 Å². The zero-order valence-corrected chi connectivity index (χ0v) is 9.09. The van der Waals surface area contributed by atoms with Crippen LogP contribution in [0.5, 0.6) is 5.75 Å². The SMILES string of the molecule is O=C(Oc1ccncc1Cl)c1cccs1. The van der Waals surface area contributed by atoms with Gasteiger partial charge in [-0.15, -0.1) is 11.3 Å². The van der Waals surface area contributed by atoms with Gasteiger partial charge in [0, 0.05) is 18.5 Å². The Morgan fingerprint density at radius 1 is 1.47 bits per heavy atom. The van der Waals surface area contributed by atoms with Gasteiger partial charge in [-0.1, -0.05) is 17.7 Å². The number of ether oxygens (including phenoxy) is 1. The highest BCUT2D eigenvalue weighted by molar-refractivity contribution is 7.12. The average molecular weight is 240 g/mol. The summed E-state index contributed by atoms with van der Waals surface area (Å²) in [5.41, 5.74) is 0. The fraction of sp³-hybridized carbons (Fsp3) is 0. The van der Waals surface area contributed by atoms with E-state index >= 15 is 0 Å². The minimum Gasteiger partial charge on any atom is -0.421 e. The fourth-order valence-corrected chi connectivity index (χ4v) is 1.75. The Balaban J connectivity index is 2.17. The van der Waals surface area contributed by atoms with E-state index in [4.69, 9.17) is 16.3 Å². The van der Waals surface area contributed by atoms with Crippen molar-refractivity contribution < 1.29 is 9.53 Å². The molecule has 0 fully saturated rings. The van der Waals surface area contributed by atoms with Gasteiger partial charge in [-0.3, -0.25) is 4.98 Å². The van der Waals surface area contributed by atoms with Crippen LogP contribution in [0.4, 0.5) is 0 Å². The molecule has 2 aromatic rings. The molecule has 0 saturated carbocycles. The van der Waals surface area contributed by atoms with Crippen molar-refractivity contribution in [1.29, 1.82) is 0 Å². The summed E-state index contributed by atoms with van der Waals surface area (Å²) < 4.78 is 5.09. The van der Waals surface area contributed by atoms with Crippen molar-refractivity contribution >= 4 is 28.9 Å². The van der Waals surface area contributed by atoms with Crippen molar-refractivity contribution in [3.8, 4) is 5.75 Å². The van der Waals surface area contributed by atoms with Gasteiger partial charge in [0.05, 0.1) is 0 Å². The minimum atomic E-state index is -0.405. The maximum atomic E-state index is 11.5. The van der Waals surface area contributed by atoms with Crippen LogP contribution >= 0.6 is 22.9 Å². The molecule has 2 rings (SSSR count). The first-order valence-electron chi connectivity index (χ1n) is 4.12. The van der Waals surface area contributed by atoms with E-state index in [2.05, 4.69) is 4.98 Å². The number of esters is 1. The Morgan fingerprint density at radius 3 is 3.00 bits per heavy atom. The maximum Gasteiger partial charge on any atom is 0.353 e. The molecule has 0 aliphatic carbocycles. The molecule has 0 aliphatic rings. The molecular formula is C10H6ClNO2S. The van der Waals surface area contributed by atoms with Crippen LogP contribution in [-0.4, -0.2) is 11.0 Å². The number of carbonyl (C=O) groups is 1. The molecule has 0 aliphatic heterocycles. The molecule has 0 unspecified atom stereocenters. The first-order chi connectivity index (χ1) is 7.27. The zero-order chi connectivity index (χ0) is 10.7. The third-order valence-electron chi connectivity index (χ3n) is 1.66. The van der Waals surface area contributed by atoms with Crippen LogP contribution in [-0.2, 0) is 0 Å². The molecule has 0 saturated heterocycles. The van der Waals surface area contributed by atoms with Crippen LogP contribution in [0.15, 0.2) is 36.0 Å². The van der Waals surface area contributed by atoms with Gasteiger partial charge >= 0.3 is 5.97 Å². The summed E-state index contributed by atoms with van der Waals surface area (Å²) in [7, 11) is 0. The normalized spacial score (nSPS) is 9.93. The number of hydrogen-bond acceptors (Lipinski definition) is 4. The van der Waals surface area contributed by atoms with Crippen molar-refractivity contribution in [1.82, 2.24) is 4.98 Å². The number of thiophene rings is 1. The van der Waals surface area contributed by atoms with Gasteiger partial charge in [0.1, 0.15) is 9.90 Å². The van der Waals surface area contributed by atoms with Gasteiger partial charge in [-0.25, -0.2) is 4.79 Å². The van der Waals surface area contributed by atoms with E-state index in [0.717, 1.165) is 0 Å². The second-order valence-electron chi connectivity index (χ2n) is 2.67. The predicted molar refractivity (Wildman–Crippen MR) is 58.5 cm³/mol. The monoisotopic (exact) mass is 239 g/mol. The molecule has 0 N–H and O–H groups in total. The lowest BCUT2D eigenvalue weighted by molar-refractivity contribution is 0.0740. The summed E-state index contributed by atoms with van der Waals surface area (Å²) in [5.74, 6) is -0.0804. The molecule has 0 spiro atoms. The molecule has 2 aromatic heterocycles. The molecule has 0 bridgehead atoms. The Kier molecular flexibility index (Phi) is 2.99. The summed E-state index contributed by atoms with van der Waals surface area (Å²) in [6.45, 7) is 0. The standard InChI is InChI=1S/C10H6ClNO2S/c11-7-6-12-4-3-8(7)14-10(13)9-2-1-5-15-9/h1-6H. The summed E-state index contributed by atoms with van der Waals surface area (Å²) in [4.78, 5) is 15.9. The quantitative estimate of drug-likeness (QED) is 0.757. The molecule has 0 aromatic carbocycles. The largest absolute Gasteiger partial charge is 0.421 e. The first kappa shape index (κ1) is 10.1. The van der Waals surface area contributed by atoms with E-state index in [0.29, 0.717) is 15.6 Å². The van der Waals surface area contributed by atoms with Crippen molar-refractivity contribution in [2.75, 3.05) is 0 Å². The molecule has 0 radical (unpaired) electrons. The van der Waals surface area contributed by atoms with Crippen LogP contribution < -0.4 is 4.74 Å². The summed E-state index contributed by atoms with van der Waals surface area (Å²) >= 11 is 7.12. The van der Waals surface area contributed by atoms with Crippen LogP contribution in [0.2, 0.25) is 5.02 Å². The summed E-state index contributed by atoms with van der Waals surface area (Å²) in [6, 6.07) is 5.03. The van der Waals surface area contributed by atoms with E-state index in [1.165, 1.54) is 23.7 Å². The molecule has 0 atom stereocenters. The van der Waals surface area contributed by atoms with E-state index in [1.807, 2.05) is 5.38 Å². The highest BCUT2D eigenvalue weighted by Gasteiger charge is 2.11. The van der Waals surface area contributed by atoms with E-state index in [1.54, 1.807) is 18.2 Å². The second-order valence-corrected chi connectivity index (χ2v) is 4.03. The van der Waals surface area contributed by atoms with Gasteiger partial charge in [0.2, 0.25) is 0 Å². The number of halogens is 1. The van der Waals surface area contributed by atoms with Gasteiger partial charge in [-0.05, 0) is 11.4 Å². The lowest BCUT2D eigenvalue weighted by Crippen LogP contribution is -2.06. The summed E-state index contributed by atoms with van der Waals surface area (Å²) in [6.07, 6.45) is 2.95. The Bertz CT molecular complexity index is 470. The molecule has 76 valence electrons. The van der Waals surface area contributed by atoms with Gasteiger partial charge in [0.15, 0.2) is 5.75 Å². The van der Waals surface area contributed by atoms with Gasteiger partial charge < -0.3 is 4.74 Å². The van der Waals surface area contributed by atoms with E-state index in [-0.39, 0.29) is 0 Å². The third kappa shape index (κ3) is 2.34. The van der Waals surface area contributed by atoms with Gasteiger partial charge in [-0.2, -0.15) is 0 Å². The number of carbonyl (C=O) groups excluding carboxylic acids is 1. The second kappa shape index (κ2) is 4.42. The molecule has 0 amide bonds. The number of rotatable bonds is 2. The predicted octanol–water partition coefficient (Wildman–Crippen LogP) is 3.02. The number of aromatic nitrogens is 1. The van der Waals surface area contributed by atoms with Crippen molar-refractivity contribution in [3.05, 3.63) is 45.9 Å². The number of hydrogen-bond donors (Lipinski definition) is 0. The highest BCUT2D eigenvalue weighted by Crippen LogP contribution is 2.23. The van der Waals surface area contributed by atoms with Crippen molar-refractivity contribution in [2.24, 2.45) is 0 Å². The minimum absolute atomic E-state index is 0.322. The van der Waals surface area contributed by atoms with E-state index < -0.39 is 5.97 Å². The smallest absolute Gasteiger partial charge is 0.353 e. The fourth-order valence-electron chi connectivity index (χ4n) is 0.990. The zero-order valence-electron chi connectivity index (χ0n) is 7.51. The first-order valence-corrected chi connectivity index (χ1v) is 5.38. The van der Waals surface area contributed by atoms with Gasteiger partial charge in [0.25, 0.3) is 0 Å². The van der Waals surface area contributed by atoms with Crippen molar-refractivity contribution in [2.45, 2.75) is 0 Å². The molecule has 3 nitrogen and oxygen atoms in total. The topological polar surface area (TPSA) is 39.2 Å². The van der Waals surface area contributed by atoms with E-state index in [9.17, 15) is 4.79 Å². The Hall–Kier alpha value is -1.39.